The molecule has 4 N–H and O–H groups in total. The van der Waals surface area contributed by atoms with Gasteiger partial charge in [-0.3, -0.25) is 14.4 Å². The van der Waals surface area contributed by atoms with Crippen LogP contribution >= 0.6 is 0 Å². The standard InChI is InChI=1S/C23H36N4O5/c1-13(2)25-20(29)19(16-11-9-10-14(3)15(16)4)27(8)21(30)17(12-18(24)28)26-22(31)32-23(5,6)7/h9-11,13,17,19H,12H2,1-8H3,(H2,24,28)(H,25,29)(H,26,31). The normalized spacial score (nSPS) is 13.2. The van der Waals surface area contributed by atoms with E-state index in [1.54, 1.807) is 26.8 Å². The number of nitrogens with one attached hydrogen (secondary N) is 2. The summed E-state index contributed by atoms with van der Waals surface area (Å²) in [5.41, 5.74) is 6.99. The fourth-order valence-electron chi connectivity index (χ4n) is 3.18. The van der Waals surface area contributed by atoms with Crippen LogP contribution in [0.4, 0.5) is 4.79 Å². The van der Waals surface area contributed by atoms with E-state index in [0.29, 0.717) is 5.56 Å². The van der Waals surface area contributed by atoms with Gasteiger partial charge in [0.25, 0.3) is 0 Å². The van der Waals surface area contributed by atoms with Crippen molar-refractivity contribution in [2.75, 3.05) is 7.05 Å². The Morgan fingerprint density at radius 3 is 2.19 bits per heavy atom. The molecule has 0 aromatic heterocycles. The van der Waals surface area contributed by atoms with Crippen LogP contribution < -0.4 is 16.4 Å². The second-order valence-electron chi connectivity index (χ2n) is 9.17. The molecule has 0 fully saturated rings. The maximum atomic E-state index is 13.3. The number of nitrogens with zero attached hydrogens (tertiary/aromatic N) is 1. The van der Waals surface area contributed by atoms with Crippen LogP contribution in [0.25, 0.3) is 0 Å². The third kappa shape index (κ3) is 7.86. The van der Waals surface area contributed by atoms with E-state index in [1.807, 2.05) is 39.8 Å². The third-order valence-electron chi connectivity index (χ3n) is 4.75. The van der Waals surface area contributed by atoms with Gasteiger partial charge in [0, 0.05) is 13.1 Å². The maximum Gasteiger partial charge on any atom is 0.408 e. The molecule has 0 heterocycles. The van der Waals surface area contributed by atoms with Gasteiger partial charge < -0.3 is 26.0 Å². The van der Waals surface area contributed by atoms with Crippen molar-refractivity contribution < 1.29 is 23.9 Å². The van der Waals surface area contributed by atoms with Crippen LogP contribution in [0.1, 0.15) is 63.8 Å². The van der Waals surface area contributed by atoms with Gasteiger partial charge >= 0.3 is 6.09 Å². The van der Waals surface area contributed by atoms with E-state index in [2.05, 4.69) is 10.6 Å². The lowest BCUT2D eigenvalue weighted by atomic mass is 9.95. The molecule has 1 rings (SSSR count). The van der Waals surface area contributed by atoms with E-state index in [1.165, 1.54) is 11.9 Å². The molecule has 0 aliphatic rings. The van der Waals surface area contributed by atoms with Crippen molar-refractivity contribution >= 4 is 23.8 Å². The van der Waals surface area contributed by atoms with E-state index in [-0.39, 0.29) is 11.9 Å². The van der Waals surface area contributed by atoms with Crippen molar-refractivity contribution in [1.82, 2.24) is 15.5 Å². The predicted octanol–water partition coefficient (Wildman–Crippen LogP) is 2.10. The van der Waals surface area contributed by atoms with Crippen molar-refractivity contribution in [2.24, 2.45) is 5.73 Å². The molecule has 178 valence electrons. The molecule has 2 unspecified atom stereocenters. The van der Waals surface area contributed by atoms with Gasteiger partial charge in [-0.1, -0.05) is 18.2 Å². The second-order valence-corrected chi connectivity index (χ2v) is 9.17. The Morgan fingerprint density at radius 1 is 1.09 bits per heavy atom. The first-order chi connectivity index (χ1) is 14.6. The molecule has 0 bridgehead atoms. The molecule has 4 amide bonds. The monoisotopic (exact) mass is 448 g/mol. The lowest BCUT2D eigenvalue weighted by Crippen LogP contribution is -2.53. The average molecular weight is 449 g/mol. The van der Waals surface area contributed by atoms with Crippen LogP contribution in [0, 0.1) is 13.8 Å². The number of hydrogen-bond donors (Lipinski definition) is 3. The van der Waals surface area contributed by atoms with Gasteiger partial charge in [0.15, 0.2) is 0 Å². The molecule has 1 aromatic carbocycles. The minimum Gasteiger partial charge on any atom is -0.444 e. The number of aryl methyl sites for hydroxylation is 1. The van der Waals surface area contributed by atoms with Crippen molar-refractivity contribution in [3.05, 3.63) is 34.9 Å². The highest BCUT2D eigenvalue weighted by Gasteiger charge is 2.35. The van der Waals surface area contributed by atoms with Gasteiger partial charge in [0.05, 0.1) is 6.42 Å². The summed E-state index contributed by atoms with van der Waals surface area (Å²) in [4.78, 5) is 51.5. The molecule has 9 heteroatoms. The Labute approximate surface area is 190 Å². The summed E-state index contributed by atoms with van der Waals surface area (Å²) < 4.78 is 5.21. The van der Waals surface area contributed by atoms with Crippen LogP contribution in [0.5, 0.6) is 0 Å². The number of nitrogens with two attached hydrogens (primary N) is 1. The smallest absolute Gasteiger partial charge is 0.408 e. The number of amides is 4. The number of alkyl carbamates (subject to hydrolysis) is 1. The minimum atomic E-state index is -1.29. The van der Waals surface area contributed by atoms with Gasteiger partial charge in [-0.15, -0.1) is 0 Å². The van der Waals surface area contributed by atoms with E-state index >= 15 is 0 Å². The van der Waals surface area contributed by atoms with Crippen LogP contribution in [0.2, 0.25) is 0 Å². The summed E-state index contributed by atoms with van der Waals surface area (Å²) in [6.07, 6.45) is -1.30. The number of ether oxygens (including phenoxy) is 1. The Morgan fingerprint density at radius 2 is 1.69 bits per heavy atom. The molecule has 32 heavy (non-hydrogen) atoms. The zero-order chi connectivity index (χ0) is 24.8. The predicted molar refractivity (Wildman–Crippen MR) is 122 cm³/mol. The summed E-state index contributed by atoms with van der Waals surface area (Å²) in [5, 5.41) is 5.25. The summed E-state index contributed by atoms with van der Waals surface area (Å²) in [5.74, 6) is -1.79. The number of carbonyl (C=O) groups excluding carboxylic acids is 4. The van der Waals surface area contributed by atoms with E-state index in [0.717, 1.165) is 11.1 Å². The molecular weight excluding hydrogens is 412 g/mol. The van der Waals surface area contributed by atoms with E-state index < -0.39 is 42.0 Å². The Bertz CT molecular complexity index is 860. The zero-order valence-electron chi connectivity index (χ0n) is 20.2. The van der Waals surface area contributed by atoms with Crippen LogP contribution in [0.3, 0.4) is 0 Å². The minimum absolute atomic E-state index is 0.153. The number of rotatable bonds is 8. The first kappa shape index (κ1) is 26.9. The number of likely N-dealkylation sites (N-methyl/N-ethyl adjacent to an activating group) is 1. The highest BCUT2D eigenvalue weighted by Crippen LogP contribution is 2.26. The first-order valence-electron chi connectivity index (χ1n) is 10.5. The molecule has 0 aliphatic carbocycles. The molecular formula is C23H36N4O5. The highest BCUT2D eigenvalue weighted by molar-refractivity contribution is 5.94. The van der Waals surface area contributed by atoms with Crippen LogP contribution in [-0.2, 0) is 19.1 Å². The SMILES string of the molecule is Cc1cccc(C(C(=O)NC(C)C)N(C)C(=O)C(CC(N)=O)NC(=O)OC(C)(C)C)c1C. The Balaban J connectivity index is 3.34. The molecule has 0 saturated carbocycles. The molecule has 2 atom stereocenters. The largest absolute Gasteiger partial charge is 0.444 e. The van der Waals surface area contributed by atoms with Gasteiger partial charge in [-0.2, -0.15) is 0 Å². The molecule has 1 aromatic rings. The summed E-state index contributed by atoms with van der Waals surface area (Å²) in [6.45, 7) is 12.5. The molecule has 0 spiro atoms. The first-order valence-corrected chi connectivity index (χ1v) is 10.5. The molecule has 0 saturated heterocycles. The van der Waals surface area contributed by atoms with Crippen LogP contribution in [-0.4, -0.2) is 53.4 Å². The van der Waals surface area contributed by atoms with E-state index in [4.69, 9.17) is 10.5 Å². The average Bonchev–Trinajstić information content (AvgIpc) is 2.61. The quantitative estimate of drug-likeness (QED) is 0.560. The van der Waals surface area contributed by atoms with Crippen molar-refractivity contribution in [1.29, 1.82) is 0 Å². The zero-order valence-corrected chi connectivity index (χ0v) is 20.2. The van der Waals surface area contributed by atoms with E-state index in [9.17, 15) is 19.2 Å². The lowest BCUT2D eigenvalue weighted by Gasteiger charge is -2.32. The summed E-state index contributed by atoms with van der Waals surface area (Å²) in [7, 11) is 1.46. The second kappa shape index (κ2) is 11.0. The van der Waals surface area contributed by atoms with Crippen molar-refractivity contribution in [2.45, 2.75) is 78.6 Å². The fourth-order valence-corrected chi connectivity index (χ4v) is 3.18. The van der Waals surface area contributed by atoms with Gasteiger partial charge in [-0.05, 0) is 65.2 Å². The third-order valence-corrected chi connectivity index (χ3v) is 4.75. The highest BCUT2D eigenvalue weighted by atomic mass is 16.6. The van der Waals surface area contributed by atoms with Gasteiger partial charge in [0.1, 0.15) is 17.7 Å². The van der Waals surface area contributed by atoms with Crippen molar-refractivity contribution in [3.8, 4) is 0 Å². The van der Waals surface area contributed by atoms with Gasteiger partial charge in [0.2, 0.25) is 17.7 Å². The molecule has 9 nitrogen and oxygen atoms in total. The summed E-state index contributed by atoms with van der Waals surface area (Å²) in [6, 6.07) is 3.09. The number of primary amides is 1. The number of carbonyl (C=O) groups is 4. The van der Waals surface area contributed by atoms with Crippen LogP contribution in [0.15, 0.2) is 18.2 Å². The maximum absolute atomic E-state index is 13.3. The number of benzene rings is 1. The molecule has 0 radical (unpaired) electrons. The fraction of sp³-hybridized carbons (Fsp3) is 0.565. The van der Waals surface area contributed by atoms with Gasteiger partial charge in [-0.25, -0.2) is 4.79 Å². The lowest BCUT2D eigenvalue weighted by molar-refractivity contribution is -0.141. The summed E-state index contributed by atoms with van der Waals surface area (Å²) >= 11 is 0. The number of hydrogen-bond acceptors (Lipinski definition) is 5. The Kier molecular flexibility index (Phi) is 9.23. The topological polar surface area (TPSA) is 131 Å². The van der Waals surface area contributed by atoms with Crippen molar-refractivity contribution in [3.63, 3.8) is 0 Å². The Hall–Kier alpha value is -3.10. The molecule has 0 aliphatic heterocycles.